The number of benzene rings is 1. The smallest absolute Gasteiger partial charge is 0.423 e. The maximum Gasteiger partial charge on any atom is 0.488 e. The third-order valence-electron chi connectivity index (χ3n) is 1.95. The summed E-state index contributed by atoms with van der Waals surface area (Å²) < 4.78 is 0. The van der Waals surface area contributed by atoms with Crippen molar-refractivity contribution in [3.8, 4) is 0 Å². The molecule has 0 aliphatic rings. The molecule has 0 unspecified atom stereocenters. The second-order valence-corrected chi connectivity index (χ2v) is 3.00. The van der Waals surface area contributed by atoms with Crippen LogP contribution in [0.4, 0.5) is 0 Å². The molecule has 0 spiro atoms. The molecule has 2 N–H and O–H groups in total. The van der Waals surface area contributed by atoms with Crippen LogP contribution in [0.25, 0.3) is 0 Å². The van der Waals surface area contributed by atoms with E-state index in [1.54, 1.807) is 25.1 Å². The van der Waals surface area contributed by atoms with Crippen LogP contribution in [-0.4, -0.2) is 22.9 Å². The second kappa shape index (κ2) is 3.72. The lowest BCUT2D eigenvalue weighted by Gasteiger charge is -2.05. The van der Waals surface area contributed by atoms with Crippen LogP contribution >= 0.6 is 0 Å². The number of carbonyl (C=O) groups excluding carboxylic acids is 1. The average molecular weight is 178 g/mol. The van der Waals surface area contributed by atoms with E-state index in [-0.39, 0.29) is 5.78 Å². The van der Waals surface area contributed by atoms with E-state index >= 15 is 0 Å². The molecule has 0 bridgehead atoms. The van der Waals surface area contributed by atoms with Crippen molar-refractivity contribution in [2.24, 2.45) is 0 Å². The van der Waals surface area contributed by atoms with E-state index < -0.39 is 7.12 Å². The molecule has 0 heterocycles. The quantitative estimate of drug-likeness (QED) is 0.490. The first-order valence-corrected chi connectivity index (χ1v) is 4.00. The molecule has 1 rings (SSSR count). The van der Waals surface area contributed by atoms with Gasteiger partial charge in [-0.2, -0.15) is 0 Å². The molecule has 0 radical (unpaired) electrons. The second-order valence-electron chi connectivity index (χ2n) is 3.00. The van der Waals surface area contributed by atoms with E-state index in [2.05, 4.69) is 0 Å². The van der Waals surface area contributed by atoms with Gasteiger partial charge >= 0.3 is 7.12 Å². The van der Waals surface area contributed by atoms with Crippen molar-refractivity contribution >= 4 is 18.4 Å². The molecular formula is C9H11BO3. The Labute approximate surface area is 77.2 Å². The third kappa shape index (κ3) is 2.17. The van der Waals surface area contributed by atoms with Gasteiger partial charge in [0.1, 0.15) is 0 Å². The summed E-state index contributed by atoms with van der Waals surface area (Å²) in [6.07, 6.45) is 0. The Morgan fingerprint density at radius 2 is 2.00 bits per heavy atom. The summed E-state index contributed by atoms with van der Waals surface area (Å²) in [6.45, 7) is 3.21. The summed E-state index contributed by atoms with van der Waals surface area (Å²) in [5.41, 5.74) is 1.73. The highest BCUT2D eigenvalue weighted by molar-refractivity contribution is 6.59. The van der Waals surface area contributed by atoms with Crippen LogP contribution < -0.4 is 5.46 Å². The van der Waals surface area contributed by atoms with Crippen molar-refractivity contribution in [3.63, 3.8) is 0 Å². The zero-order chi connectivity index (χ0) is 10.0. The lowest BCUT2D eigenvalue weighted by molar-refractivity contribution is 0.101. The normalized spacial score (nSPS) is 9.85. The summed E-state index contributed by atoms with van der Waals surface area (Å²) in [7, 11) is -1.47. The number of hydrogen-bond donors (Lipinski definition) is 2. The Morgan fingerprint density at radius 3 is 2.38 bits per heavy atom. The molecule has 1 aromatic carbocycles. The molecule has 0 amide bonds. The van der Waals surface area contributed by atoms with Crippen LogP contribution in [-0.2, 0) is 0 Å². The van der Waals surface area contributed by atoms with Gasteiger partial charge in [0.05, 0.1) is 0 Å². The fourth-order valence-corrected chi connectivity index (χ4v) is 1.18. The highest BCUT2D eigenvalue weighted by Crippen LogP contribution is 2.03. The van der Waals surface area contributed by atoms with Gasteiger partial charge in [-0.3, -0.25) is 4.79 Å². The van der Waals surface area contributed by atoms with Gasteiger partial charge in [-0.1, -0.05) is 17.7 Å². The van der Waals surface area contributed by atoms with Crippen LogP contribution in [0.15, 0.2) is 18.2 Å². The SMILES string of the molecule is CC(=O)c1ccc(B(O)O)c(C)c1. The number of hydrogen-bond acceptors (Lipinski definition) is 3. The van der Waals surface area contributed by atoms with Crippen LogP contribution in [0.3, 0.4) is 0 Å². The molecule has 0 saturated carbocycles. The Hall–Kier alpha value is -1.13. The van der Waals surface area contributed by atoms with Crippen LogP contribution in [0, 0.1) is 6.92 Å². The third-order valence-corrected chi connectivity index (χ3v) is 1.95. The van der Waals surface area contributed by atoms with Gasteiger partial charge in [0.2, 0.25) is 0 Å². The first-order valence-electron chi connectivity index (χ1n) is 4.00. The summed E-state index contributed by atoms with van der Waals surface area (Å²) in [4.78, 5) is 11.0. The summed E-state index contributed by atoms with van der Waals surface area (Å²) in [6, 6.07) is 4.79. The molecule has 1 aromatic rings. The summed E-state index contributed by atoms with van der Waals surface area (Å²) in [5.74, 6) is -0.0259. The summed E-state index contributed by atoms with van der Waals surface area (Å²) >= 11 is 0. The van der Waals surface area contributed by atoms with Crippen LogP contribution in [0.1, 0.15) is 22.8 Å². The molecule has 3 nitrogen and oxygen atoms in total. The lowest BCUT2D eigenvalue weighted by atomic mass is 9.77. The lowest BCUT2D eigenvalue weighted by Crippen LogP contribution is -2.32. The van der Waals surface area contributed by atoms with Gasteiger partial charge < -0.3 is 10.0 Å². The molecule has 68 valence electrons. The van der Waals surface area contributed by atoms with E-state index in [9.17, 15) is 4.79 Å². The molecule has 0 saturated heterocycles. The Balaban J connectivity index is 3.13. The van der Waals surface area contributed by atoms with Gasteiger partial charge in [0, 0.05) is 5.56 Å². The molecule has 0 aromatic heterocycles. The van der Waals surface area contributed by atoms with E-state index in [1.807, 2.05) is 0 Å². The van der Waals surface area contributed by atoms with E-state index in [0.717, 1.165) is 0 Å². The molecule has 13 heavy (non-hydrogen) atoms. The van der Waals surface area contributed by atoms with Gasteiger partial charge in [-0.05, 0) is 25.4 Å². The number of aryl methyl sites for hydroxylation is 1. The first-order chi connectivity index (χ1) is 6.02. The first kappa shape index (κ1) is 9.96. The highest BCUT2D eigenvalue weighted by atomic mass is 16.4. The van der Waals surface area contributed by atoms with E-state index in [1.165, 1.54) is 6.92 Å². The minimum absolute atomic E-state index is 0.0259. The van der Waals surface area contributed by atoms with E-state index in [0.29, 0.717) is 16.6 Å². The predicted octanol–water partition coefficient (Wildman–Crippen LogP) is -0.123. The van der Waals surface area contributed by atoms with Gasteiger partial charge in [-0.25, -0.2) is 0 Å². The standard InChI is InChI=1S/C9H11BO3/c1-6-5-8(7(2)11)3-4-9(6)10(12)13/h3-5,12-13H,1-2H3. The van der Waals surface area contributed by atoms with Crippen LogP contribution in [0.2, 0.25) is 0 Å². The largest absolute Gasteiger partial charge is 0.488 e. The van der Waals surface area contributed by atoms with Crippen molar-refractivity contribution in [2.45, 2.75) is 13.8 Å². The molecular weight excluding hydrogens is 167 g/mol. The molecule has 0 atom stereocenters. The Morgan fingerprint density at radius 1 is 1.38 bits per heavy atom. The molecule has 0 fully saturated rings. The van der Waals surface area contributed by atoms with Gasteiger partial charge in [-0.15, -0.1) is 0 Å². The zero-order valence-corrected chi connectivity index (χ0v) is 7.61. The minimum atomic E-state index is -1.47. The van der Waals surface area contributed by atoms with E-state index in [4.69, 9.17) is 10.0 Å². The number of ketones is 1. The summed E-state index contributed by atoms with van der Waals surface area (Å²) in [5, 5.41) is 17.8. The molecule has 4 heteroatoms. The van der Waals surface area contributed by atoms with Crippen molar-refractivity contribution in [2.75, 3.05) is 0 Å². The van der Waals surface area contributed by atoms with Crippen LogP contribution in [0.5, 0.6) is 0 Å². The molecule has 0 aliphatic heterocycles. The fourth-order valence-electron chi connectivity index (χ4n) is 1.18. The van der Waals surface area contributed by atoms with Crippen molar-refractivity contribution in [3.05, 3.63) is 29.3 Å². The van der Waals surface area contributed by atoms with Crippen molar-refractivity contribution in [1.82, 2.24) is 0 Å². The Kier molecular flexibility index (Phi) is 2.85. The predicted molar refractivity (Wildman–Crippen MR) is 51.0 cm³/mol. The van der Waals surface area contributed by atoms with Crippen molar-refractivity contribution < 1.29 is 14.8 Å². The zero-order valence-electron chi connectivity index (χ0n) is 7.61. The number of Topliss-reactive ketones (excluding diaryl/α,β-unsaturated/α-hetero) is 1. The maximum atomic E-state index is 11.0. The maximum absolute atomic E-state index is 11.0. The van der Waals surface area contributed by atoms with Gasteiger partial charge in [0.25, 0.3) is 0 Å². The van der Waals surface area contributed by atoms with Gasteiger partial charge in [0.15, 0.2) is 5.78 Å². The monoisotopic (exact) mass is 178 g/mol. The highest BCUT2D eigenvalue weighted by Gasteiger charge is 2.14. The Bertz CT molecular complexity index is 334. The topological polar surface area (TPSA) is 57.5 Å². The molecule has 0 aliphatic carbocycles. The van der Waals surface area contributed by atoms with Crippen molar-refractivity contribution in [1.29, 1.82) is 0 Å². The fraction of sp³-hybridized carbons (Fsp3) is 0.222. The minimum Gasteiger partial charge on any atom is -0.423 e. The number of rotatable bonds is 2. The number of carbonyl (C=O) groups is 1. The average Bonchev–Trinajstić information content (AvgIpc) is 2.03.